The minimum Gasteiger partial charge on any atom is -0.352 e. The van der Waals surface area contributed by atoms with Gasteiger partial charge in [-0.15, -0.1) is 0 Å². The summed E-state index contributed by atoms with van der Waals surface area (Å²) in [5.74, 6) is 2.17. The molecule has 5 rings (SSSR count). The molecule has 0 unspecified atom stereocenters. The summed E-state index contributed by atoms with van der Waals surface area (Å²) in [6.45, 7) is 2.17. The van der Waals surface area contributed by atoms with Crippen LogP contribution in [-0.4, -0.2) is 38.3 Å². The second kappa shape index (κ2) is 8.33. The number of rotatable bonds is 8. The highest BCUT2D eigenvalue weighted by atomic mass is 32.2. The smallest absolute Gasteiger partial charge is 0.251 e. The van der Waals surface area contributed by atoms with Gasteiger partial charge in [-0.1, -0.05) is 19.1 Å². The fourth-order valence-corrected chi connectivity index (χ4v) is 6.80. The molecule has 2 N–H and O–H groups in total. The van der Waals surface area contributed by atoms with E-state index in [0.29, 0.717) is 12.1 Å². The first-order valence-corrected chi connectivity index (χ1v) is 13.0. The predicted octanol–water partition coefficient (Wildman–Crippen LogP) is 2.68. The average Bonchev–Trinajstić information content (AvgIpc) is 2.71. The van der Waals surface area contributed by atoms with Gasteiger partial charge in [-0.2, -0.15) is 0 Å². The van der Waals surface area contributed by atoms with Crippen molar-refractivity contribution < 1.29 is 18.0 Å². The van der Waals surface area contributed by atoms with E-state index < -0.39 is 9.84 Å². The van der Waals surface area contributed by atoms with Crippen molar-refractivity contribution in [1.82, 2.24) is 10.6 Å². The third-order valence-corrected chi connectivity index (χ3v) is 9.03. The summed E-state index contributed by atoms with van der Waals surface area (Å²) >= 11 is 0. The van der Waals surface area contributed by atoms with E-state index in [1.54, 1.807) is 19.1 Å². The number of sulfone groups is 1. The number of benzene rings is 1. The van der Waals surface area contributed by atoms with E-state index in [1.807, 2.05) is 12.1 Å². The van der Waals surface area contributed by atoms with Crippen LogP contribution in [0.15, 0.2) is 24.3 Å². The second-order valence-electron chi connectivity index (χ2n) is 9.57. The topological polar surface area (TPSA) is 92.3 Å². The Bertz CT molecular complexity index is 872. The first kappa shape index (κ1) is 21.3. The Hall–Kier alpha value is -1.89. The van der Waals surface area contributed by atoms with Crippen LogP contribution in [0.3, 0.4) is 0 Å². The number of carbonyl (C=O) groups excluding carboxylic acids is 2. The van der Waals surface area contributed by atoms with Crippen molar-refractivity contribution in [2.45, 2.75) is 52.0 Å². The normalized spacial score (nSPS) is 29.6. The third-order valence-electron chi connectivity index (χ3n) is 7.33. The number of hydrogen-bond donors (Lipinski definition) is 2. The van der Waals surface area contributed by atoms with Gasteiger partial charge in [-0.3, -0.25) is 9.59 Å². The molecule has 2 amide bonds. The Kier molecular flexibility index (Phi) is 5.93. The van der Waals surface area contributed by atoms with Crippen molar-refractivity contribution in [3.8, 4) is 0 Å². The molecule has 4 aliphatic carbocycles. The summed E-state index contributed by atoms with van der Waals surface area (Å²) in [5.41, 5.74) is 1.30. The largest absolute Gasteiger partial charge is 0.352 e. The summed E-state index contributed by atoms with van der Waals surface area (Å²) in [5, 5.41) is 5.80. The first-order chi connectivity index (χ1) is 14.3. The van der Waals surface area contributed by atoms with Crippen molar-refractivity contribution in [3.05, 3.63) is 35.4 Å². The molecule has 4 fully saturated rings. The molecule has 30 heavy (non-hydrogen) atoms. The molecule has 0 saturated heterocycles. The lowest BCUT2D eigenvalue weighted by Gasteiger charge is -2.55. The minimum atomic E-state index is -3.09. The molecule has 0 aromatic heterocycles. The van der Waals surface area contributed by atoms with Crippen LogP contribution >= 0.6 is 0 Å². The van der Waals surface area contributed by atoms with Gasteiger partial charge in [0, 0.05) is 29.8 Å². The van der Waals surface area contributed by atoms with Crippen molar-refractivity contribution in [2.75, 3.05) is 18.1 Å². The summed E-state index contributed by atoms with van der Waals surface area (Å²) in [7, 11) is -3.09. The van der Waals surface area contributed by atoms with E-state index >= 15 is 0 Å². The quantitative estimate of drug-likeness (QED) is 0.661. The summed E-state index contributed by atoms with van der Waals surface area (Å²) in [6, 6.07) is 7.13. The molecule has 1 aromatic rings. The van der Waals surface area contributed by atoms with Gasteiger partial charge in [0.15, 0.2) is 9.84 Å². The Morgan fingerprint density at radius 3 is 2.07 bits per heavy atom. The Morgan fingerprint density at radius 2 is 1.53 bits per heavy atom. The fourth-order valence-electron chi connectivity index (χ4n) is 6.10. The summed E-state index contributed by atoms with van der Waals surface area (Å²) in [6.07, 6.45) is 7.12. The standard InChI is InChI=1S/C23H32N2O4S/c1-2-30(28,29)8-7-24-21(26)20-5-3-16(4-6-20)15-25-22(27)23-12-17-9-18(13-23)11-19(10-17)14-23/h3-6,17-19H,2,7-15H2,1H3,(H,24,26)(H,25,27). The SMILES string of the molecule is CCS(=O)(=O)CCNC(=O)c1ccc(CNC(=O)C23CC4CC(CC(C4)C2)C3)cc1. The van der Waals surface area contributed by atoms with Gasteiger partial charge >= 0.3 is 0 Å². The van der Waals surface area contributed by atoms with Crippen molar-refractivity contribution in [2.24, 2.45) is 23.2 Å². The van der Waals surface area contributed by atoms with E-state index in [4.69, 9.17) is 0 Å². The molecule has 0 radical (unpaired) electrons. The molecule has 4 aliphatic rings. The number of carbonyl (C=O) groups is 2. The van der Waals surface area contributed by atoms with Crippen molar-refractivity contribution >= 4 is 21.7 Å². The molecule has 6 nitrogen and oxygen atoms in total. The highest BCUT2D eigenvalue weighted by molar-refractivity contribution is 7.91. The molecule has 0 heterocycles. The molecule has 164 valence electrons. The van der Waals surface area contributed by atoms with Gasteiger partial charge in [0.05, 0.1) is 5.75 Å². The molecule has 0 spiro atoms. The molecule has 0 aliphatic heterocycles. The fraction of sp³-hybridized carbons (Fsp3) is 0.652. The Morgan fingerprint density at radius 1 is 0.967 bits per heavy atom. The zero-order chi connectivity index (χ0) is 21.4. The van der Waals surface area contributed by atoms with Crippen LogP contribution < -0.4 is 10.6 Å². The van der Waals surface area contributed by atoms with Gasteiger partial charge < -0.3 is 10.6 Å². The first-order valence-electron chi connectivity index (χ1n) is 11.1. The number of nitrogens with one attached hydrogen (secondary N) is 2. The summed E-state index contributed by atoms with van der Waals surface area (Å²) in [4.78, 5) is 25.2. The van der Waals surface area contributed by atoms with Crippen molar-refractivity contribution in [3.63, 3.8) is 0 Å². The van der Waals surface area contributed by atoms with E-state index in [-0.39, 0.29) is 35.3 Å². The molecular weight excluding hydrogens is 400 g/mol. The van der Waals surface area contributed by atoms with Gasteiger partial charge in [0.1, 0.15) is 0 Å². The third kappa shape index (κ3) is 4.56. The second-order valence-corrected chi connectivity index (χ2v) is 12.0. The van der Waals surface area contributed by atoms with Gasteiger partial charge in [-0.25, -0.2) is 8.42 Å². The summed E-state index contributed by atoms with van der Waals surface area (Å²) < 4.78 is 23.0. The Balaban J connectivity index is 1.28. The van der Waals surface area contributed by atoms with Gasteiger partial charge in [0.2, 0.25) is 5.91 Å². The molecule has 1 aromatic carbocycles. The molecule has 4 bridgehead atoms. The van der Waals surface area contributed by atoms with E-state index in [9.17, 15) is 18.0 Å². The minimum absolute atomic E-state index is 0.0519. The van der Waals surface area contributed by atoms with Crippen molar-refractivity contribution in [1.29, 1.82) is 0 Å². The highest BCUT2D eigenvalue weighted by Crippen LogP contribution is 2.60. The van der Waals surface area contributed by atoms with Crippen LogP contribution in [0.1, 0.15) is 61.4 Å². The van der Waals surface area contributed by atoms with Crippen LogP contribution in [-0.2, 0) is 21.2 Å². The molecule has 4 saturated carbocycles. The lowest BCUT2D eigenvalue weighted by Crippen LogP contribution is -2.53. The molecular formula is C23H32N2O4S. The highest BCUT2D eigenvalue weighted by Gasteiger charge is 2.54. The number of amides is 2. The maximum Gasteiger partial charge on any atom is 0.251 e. The maximum absolute atomic E-state index is 13.0. The van der Waals surface area contributed by atoms with Crippen LogP contribution in [0, 0.1) is 23.2 Å². The van der Waals surface area contributed by atoms with Crippen LogP contribution in [0.4, 0.5) is 0 Å². The zero-order valence-corrected chi connectivity index (χ0v) is 18.5. The number of hydrogen-bond acceptors (Lipinski definition) is 4. The molecule has 7 heteroatoms. The predicted molar refractivity (Wildman–Crippen MR) is 116 cm³/mol. The van der Waals surface area contributed by atoms with E-state index in [0.717, 1.165) is 42.6 Å². The van der Waals surface area contributed by atoms with E-state index in [2.05, 4.69) is 10.6 Å². The zero-order valence-electron chi connectivity index (χ0n) is 17.7. The van der Waals surface area contributed by atoms with Gasteiger partial charge in [-0.05, 0) is 74.0 Å². The lowest BCUT2D eigenvalue weighted by molar-refractivity contribution is -0.146. The van der Waals surface area contributed by atoms with Crippen LogP contribution in [0.25, 0.3) is 0 Å². The van der Waals surface area contributed by atoms with E-state index in [1.165, 1.54) is 19.3 Å². The maximum atomic E-state index is 13.0. The van der Waals surface area contributed by atoms with Gasteiger partial charge in [0.25, 0.3) is 5.91 Å². The van der Waals surface area contributed by atoms with Crippen LogP contribution in [0.2, 0.25) is 0 Å². The molecule has 0 atom stereocenters. The average molecular weight is 433 g/mol. The monoisotopic (exact) mass is 432 g/mol. The van der Waals surface area contributed by atoms with Crippen LogP contribution in [0.5, 0.6) is 0 Å². The lowest BCUT2D eigenvalue weighted by atomic mass is 9.49. The Labute approximate surface area is 179 Å².